The third-order valence-electron chi connectivity index (χ3n) is 3.52. The standard InChI is InChI=1S/C13H27NO5/c1-2-3-4-5-6-7-14-13-12(18)11(17)10(16)9(8-15)19-13/h9-18H,2-8H2,1H3/t9-,10+,11+,12-,13?/m1/s1. The van der Waals surface area contributed by atoms with Crippen LogP contribution < -0.4 is 5.32 Å². The molecule has 0 aromatic heterocycles. The second kappa shape index (κ2) is 8.84. The molecule has 1 aliphatic rings. The number of aliphatic hydroxyl groups is 4. The Kier molecular flexibility index (Phi) is 7.82. The fourth-order valence-electron chi connectivity index (χ4n) is 2.24. The van der Waals surface area contributed by atoms with Crippen molar-refractivity contribution in [3.63, 3.8) is 0 Å². The molecule has 1 fully saturated rings. The number of ether oxygens (including phenoxy) is 1. The van der Waals surface area contributed by atoms with Gasteiger partial charge in [0, 0.05) is 0 Å². The van der Waals surface area contributed by atoms with Crippen LogP contribution in [0.4, 0.5) is 0 Å². The summed E-state index contributed by atoms with van der Waals surface area (Å²) in [5.41, 5.74) is 0. The van der Waals surface area contributed by atoms with E-state index in [1.807, 2.05) is 0 Å². The third-order valence-corrected chi connectivity index (χ3v) is 3.52. The molecule has 1 saturated heterocycles. The van der Waals surface area contributed by atoms with E-state index in [1.165, 1.54) is 19.3 Å². The van der Waals surface area contributed by atoms with E-state index in [1.54, 1.807) is 0 Å². The Morgan fingerprint density at radius 1 is 0.947 bits per heavy atom. The minimum atomic E-state index is -1.30. The lowest BCUT2D eigenvalue weighted by molar-refractivity contribution is -0.236. The molecule has 0 spiro atoms. The van der Waals surface area contributed by atoms with Gasteiger partial charge < -0.3 is 25.2 Å². The average Bonchev–Trinajstić information content (AvgIpc) is 2.42. The molecule has 6 heteroatoms. The molecule has 0 aromatic carbocycles. The van der Waals surface area contributed by atoms with Gasteiger partial charge in [-0.2, -0.15) is 0 Å². The fourth-order valence-corrected chi connectivity index (χ4v) is 2.24. The quantitative estimate of drug-likeness (QED) is 0.378. The normalized spacial score (nSPS) is 35.5. The van der Waals surface area contributed by atoms with Crippen LogP contribution in [0.25, 0.3) is 0 Å². The Hall–Kier alpha value is -0.240. The lowest BCUT2D eigenvalue weighted by Gasteiger charge is -2.40. The smallest absolute Gasteiger partial charge is 0.137 e. The highest BCUT2D eigenvalue weighted by molar-refractivity contribution is 4.90. The molecular formula is C13H27NO5. The predicted molar refractivity (Wildman–Crippen MR) is 70.5 cm³/mol. The molecule has 0 aromatic rings. The molecule has 1 aliphatic heterocycles. The van der Waals surface area contributed by atoms with Crippen molar-refractivity contribution in [3.8, 4) is 0 Å². The molecule has 0 amide bonds. The number of aliphatic hydroxyl groups excluding tert-OH is 4. The largest absolute Gasteiger partial charge is 0.394 e. The highest BCUT2D eigenvalue weighted by Gasteiger charge is 2.42. The van der Waals surface area contributed by atoms with Crippen LogP contribution in [0.3, 0.4) is 0 Å². The molecule has 1 rings (SSSR count). The van der Waals surface area contributed by atoms with E-state index in [9.17, 15) is 15.3 Å². The van der Waals surface area contributed by atoms with Gasteiger partial charge in [-0.15, -0.1) is 0 Å². The second-order valence-corrected chi connectivity index (χ2v) is 5.12. The highest BCUT2D eigenvalue weighted by Crippen LogP contribution is 2.19. The van der Waals surface area contributed by atoms with Crippen LogP contribution >= 0.6 is 0 Å². The molecule has 19 heavy (non-hydrogen) atoms. The molecule has 0 saturated carbocycles. The summed E-state index contributed by atoms with van der Waals surface area (Å²) in [4.78, 5) is 0. The van der Waals surface area contributed by atoms with E-state index < -0.39 is 30.6 Å². The van der Waals surface area contributed by atoms with Crippen LogP contribution in [0.5, 0.6) is 0 Å². The molecule has 114 valence electrons. The van der Waals surface area contributed by atoms with Gasteiger partial charge in [0.05, 0.1) is 6.61 Å². The van der Waals surface area contributed by atoms with Crippen molar-refractivity contribution in [2.24, 2.45) is 0 Å². The van der Waals surface area contributed by atoms with E-state index in [0.717, 1.165) is 12.8 Å². The summed E-state index contributed by atoms with van der Waals surface area (Å²) in [6.07, 6.45) is 0.317. The van der Waals surface area contributed by atoms with Gasteiger partial charge in [-0.1, -0.05) is 32.6 Å². The lowest BCUT2D eigenvalue weighted by atomic mass is 9.98. The first-order valence-corrected chi connectivity index (χ1v) is 7.15. The summed E-state index contributed by atoms with van der Waals surface area (Å²) < 4.78 is 5.34. The molecule has 0 aliphatic carbocycles. The maximum Gasteiger partial charge on any atom is 0.137 e. The number of rotatable bonds is 8. The van der Waals surface area contributed by atoms with Crippen molar-refractivity contribution in [3.05, 3.63) is 0 Å². The average molecular weight is 277 g/mol. The number of hydrogen-bond acceptors (Lipinski definition) is 6. The van der Waals surface area contributed by atoms with Crippen molar-refractivity contribution >= 4 is 0 Å². The van der Waals surface area contributed by atoms with Gasteiger partial charge >= 0.3 is 0 Å². The van der Waals surface area contributed by atoms with Crippen molar-refractivity contribution in [2.45, 2.75) is 69.7 Å². The predicted octanol–water partition coefficient (Wildman–Crippen LogP) is -0.654. The summed E-state index contributed by atoms with van der Waals surface area (Å²) in [5.74, 6) is 0. The number of hydrogen-bond donors (Lipinski definition) is 5. The molecule has 5 atom stereocenters. The Morgan fingerprint density at radius 2 is 1.63 bits per heavy atom. The first-order valence-electron chi connectivity index (χ1n) is 7.15. The Labute approximate surface area is 114 Å². The van der Waals surface area contributed by atoms with Gasteiger partial charge in [-0.25, -0.2) is 0 Å². The zero-order valence-electron chi connectivity index (χ0n) is 11.5. The topological polar surface area (TPSA) is 102 Å². The molecule has 0 radical (unpaired) electrons. The van der Waals surface area contributed by atoms with E-state index >= 15 is 0 Å². The zero-order valence-corrected chi connectivity index (χ0v) is 11.5. The molecule has 5 N–H and O–H groups in total. The molecular weight excluding hydrogens is 250 g/mol. The monoisotopic (exact) mass is 277 g/mol. The summed E-state index contributed by atoms with van der Waals surface area (Å²) in [5, 5.41) is 41.1. The third kappa shape index (κ3) is 4.98. The first kappa shape index (κ1) is 16.8. The summed E-state index contributed by atoms with van der Waals surface area (Å²) in [6, 6.07) is 0. The molecule has 6 nitrogen and oxygen atoms in total. The molecule has 0 bridgehead atoms. The van der Waals surface area contributed by atoms with Crippen molar-refractivity contribution in [1.29, 1.82) is 0 Å². The number of nitrogens with one attached hydrogen (secondary N) is 1. The molecule has 1 unspecified atom stereocenters. The van der Waals surface area contributed by atoms with Gasteiger partial charge in [-0.05, 0) is 13.0 Å². The molecule has 1 heterocycles. The second-order valence-electron chi connectivity index (χ2n) is 5.12. The SMILES string of the molecule is CCCCCCCNC1O[C@H](CO)[C@H](O)[C@H](O)[C@H]1O. The Balaban J connectivity index is 2.28. The summed E-state index contributed by atoms with van der Waals surface area (Å²) in [7, 11) is 0. The fraction of sp³-hybridized carbons (Fsp3) is 1.00. The Bertz CT molecular complexity index is 239. The van der Waals surface area contributed by atoms with E-state index in [4.69, 9.17) is 9.84 Å². The summed E-state index contributed by atoms with van der Waals surface area (Å²) in [6.45, 7) is 2.44. The highest BCUT2D eigenvalue weighted by atomic mass is 16.6. The van der Waals surface area contributed by atoms with Gasteiger partial charge in [0.15, 0.2) is 0 Å². The Morgan fingerprint density at radius 3 is 2.26 bits per heavy atom. The summed E-state index contributed by atoms with van der Waals surface area (Å²) >= 11 is 0. The van der Waals surface area contributed by atoms with Crippen molar-refractivity contribution in [1.82, 2.24) is 5.32 Å². The van der Waals surface area contributed by atoms with Crippen LogP contribution in [0, 0.1) is 0 Å². The minimum absolute atomic E-state index is 0.389. The van der Waals surface area contributed by atoms with Crippen LogP contribution in [-0.2, 0) is 4.74 Å². The van der Waals surface area contributed by atoms with Crippen LogP contribution in [-0.4, -0.2) is 64.2 Å². The van der Waals surface area contributed by atoms with E-state index in [0.29, 0.717) is 6.54 Å². The maximum absolute atomic E-state index is 9.78. The van der Waals surface area contributed by atoms with Gasteiger partial charge in [0.1, 0.15) is 30.6 Å². The van der Waals surface area contributed by atoms with Crippen LogP contribution in [0.2, 0.25) is 0 Å². The van der Waals surface area contributed by atoms with Crippen LogP contribution in [0.15, 0.2) is 0 Å². The van der Waals surface area contributed by atoms with Crippen molar-refractivity contribution < 1.29 is 25.2 Å². The van der Waals surface area contributed by atoms with E-state index in [2.05, 4.69) is 12.2 Å². The van der Waals surface area contributed by atoms with E-state index in [-0.39, 0.29) is 6.61 Å². The number of unbranched alkanes of at least 4 members (excludes halogenated alkanes) is 4. The minimum Gasteiger partial charge on any atom is -0.394 e. The van der Waals surface area contributed by atoms with Gasteiger partial charge in [-0.3, -0.25) is 5.32 Å². The zero-order chi connectivity index (χ0) is 14.3. The van der Waals surface area contributed by atoms with Crippen LogP contribution in [0.1, 0.15) is 39.0 Å². The maximum atomic E-state index is 9.78. The van der Waals surface area contributed by atoms with Gasteiger partial charge in [0.2, 0.25) is 0 Å². The van der Waals surface area contributed by atoms with Gasteiger partial charge in [0.25, 0.3) is 0 Å². The lowest BCUT2D eigenvalue weighted by Crippen LogP contribution is -2.62. The first-order chi connectivity index (χ1) is 9.11. The van der Waals surface area contributed by atoms with Crippen molar-refractivity contribution in [2.75, 3.05) is 13.2 Å².